The van der Waals surface area contributed by atoms with Crippen molar-refractivity contribution in [1.82, 2.24) is 4.98 Å². The molecule has 2 aromatic rings. The number of nitrogens with one attached hydrogen (secondary N) is 1. The molecule has 2 N–H and O–H groups in total. The minimum absolute atomic E-state index is 0.0328. The molecule has 1 aromatic heterocycles. The SMILES string of the molecule is COCC(O)CNc1ccc([N+](=O)[O-])c2ccncc12. The molecule has 1 aromatic carbocycles. The summed E-state index contributed by atoms with van der Waals surface area (Å²) in [5, 5.41) is 24.8. The number of nitrogens with zero attached hydrogens (tertiary/aromatic N) is 2. The van der Waals surface area contributed by atoms with Crippen molar-refractivity contribution in [2.45, 2.75) is 6.10 Å². The Morgan fingerprint density at radius 3 is 2.95 bits per heavy atom. The standard InChI is InChI=1S/C13H15N3O4/c1-20-8-9(17)6-15-12-2-3-13(16(18)19)10-4-5-14-7-11(10)12/h2-5,7,9,15,17H,6,8H2,1H3. The van der Waals surface area contributed by atoms with Gasteiger partial charge in [-0.2, -0.15) is 0 Å². The van der Waals surface area contributed by atoms with Crippen LogP contribution < -0.4 is 5.32 Å². The average molecular weight is 277 g/mol. The van der Waals surface area contributed by atoms with Gasteiger partial charge in [0.2, 0.25) is 0 Å². The highest BCUT2D eigenvalue weighted by atomic mass is 16.6. The smallest absolute Gasteiger partial charge is 0.277 e. The molecule has 0 bridgehead atoms. The van der Waals surface area contributed by atoms with E-state index in [1.54, 1.807) is 18.3 Å². The monoisotopic (exact) mass is 277 g/mol. The third-order valence-electron chi connectivity index (χ3n) is 2.88. The minimum Gasteiger partial charge on any atom is -0.389 e. The van der Waals surface area contributed by atoms with Crippen molar-refractivity contribution < 1.29 is 14.8 Å². The van der Waals surface area contributed by atoms with Crippen molar-refractivity contribution in [1.29, 1.82) is 0 Å². The number of anilines is 1. The van der Waals surface area contributed by atoms with E-state index in [9.17, 15) is 15.2 Å². The van der Waals surface area contributed by atoms with Crippen LogP contribution in [0, 0.1) is 10.1 Å². The Labute approximate surface area is 115 Å². The summed E-state index contributed by atoms with van der Waals surface area (Å²) in [6.07, 6.45) is 2.42. The Kier molecular flexibility index (Phi) is 4.44. The molecule has 0 aliphatic carbocycles. The third-order valence-corrected chi connectivity index (χ3v) is 2.88. The van der Waals surface area contributed by atoms with Crippen LogP contribution in [0.4, 0.5) is 11.4 Å². The van der Waals surface area contributed by atoms with E-state index in [1.165, 1.54) is 19.4 Å². The van der Waals surface area contributed by atoms with E-state index in [1.807, 2.05) is 0 Å². The highest BCUT2D eigenvalue weighted by Gasteiger charge is 2.14. The lowest BCUT2D eigenvalue weighted by molar-refractivity contribution is -0.383. The molecule has 7 heteroatoms. The van der Waals surface area contributed by atoms with Crippen LogP contribution in [0.1, 0.15) is 0 Å². The first-order valence-corrected chi connectivity index (χ1v) is 6.05. The molecule has 0 aliphatic heterocycles. The fraction of sp³-hybridized carbons (Fsp3) is 0.308. The highest BCUT2D eigenvalue weighted by Crippen LogP contribution is 2.30. The fourth-order valence-corrected chi connectivity index (χ4v) is 1.97. The van der Waals surface area contributed by atoms with Crippen LogP contribution in [0.5, 0.6) is 0 Å². The maximum absolute atomic E-state index is 11.0. The van der Waals surface area contributed by atoms with E-state index in [0.717, 1.165) is 0 Å². The average Bonchev–Trinajstić information content (AvgIpc) is 2.44. The number of aliphatic hydroxyl groups is 1. The molecule has 1 atom stereocenters. The molecule has 0 saturated carbocycles. The molecule has 0 radical (unpaired) electrons. The number of nitro groups is 1. The van der Waals surface area contributed by atoms with Gasteiger partial charge in [-0.3, -0.25) is 15.1 Å². The molecule has 7 nitrogen and oxygen atoms in total. The van der Waals surface area contributed by atoms with Gasteiger partial charge >= 0.3 is 0 Å². The van der Waals surface area contributed by atoms with Gasteiger partial charge in [0.25, 0.3) is 5.69 Å². The Hall–Kier alpha value is -2.25. The fourth-order valence-electron chi connectivity index (χ4n) is 1.97. The van der Waals surface area contributed by atoms with Crippen molar-refractivity contribution in [2.75, 3.05) is 25.6 Å². The number of methoxy groups -OCH3 is 1. The Bertz CT molecular complexity index is 618. The Morgan fingerprint density at radius 2 is 2.25 bits per heavy atom. The summed E-state index contributed by atoms with van der Waals surface area (Å²) in [6, 6.07) is 4.65. The van der Waals surface area contributed by atoms with Gasteiger partial charge < -0.3 is 15.2 Å². The number of hydrogen-bond donors (Lipinski definition) is 2. The molecule has 0 fully saturated rings. The molecule has 1 heterocycles. The predicted molar refractivity (Wildman–Crippen MR) is 74.8 cm³/mol. The molecule has 106 valence electrons. The normalized spacial score (nSPS) is 12.3. The van der Waals surface area contributed by atoms with Gasteiger partial charge in [0.05, 0.1) is 23.0 Å². The maximum Gasteiger partial charge on any atom is 0.277 e. The molecule has 2 rings (SSSR count). The minimum atomic E-state index is -0.651. The van der Waals surface area contributed by atoms with E-state index in [2.05, 4.69) is 10.3 Å². The number of aromatic nitrogens is 1. The van der Waals surface area contributed by atoms with Crippen LogP contribution in [0.15, 0.2) is 30.6 Å². The topological polar surface area (TPSA) is 97.5 Å². The van der Waals surface area contributed by atoms with Gasteiger partial charge in [-0.05, 0) is 12.1 Å². The number of nitro benzene ring substituents is 1. The van der Waals surface area contributed by atoms with E-state index < -0.39 is 11.0 Å². The summed E-state index contributed by atoms with van der Waals surface area (Å²) in [6.45, 7) is 0.506. The molecule has 20 heavy (non-hydrogen) atoms. The summed E-state index contributed by atoms with van der Waals surface area (Å²) in [5.41, 5.74) is 0.722. The summed E-state index contributed by atoms with van der Waals surface area (Å²) in [7, 11) is 1.51. The zero-order chi connectivity index (χ0) is 14.5. The Balaban J connectivity index is 2.31. The lowest BCUT2D eigenvalue weighted by Crippen LogP contribution is -2.24. The maximum atomic E-state index is 11.0. The largest absolute Gasteiger partial charge is 0.389 e. The Morgan fingerprint density at radius 1 is 1.45 bits per heavy atom. The summed E-state index contributed by atoms with van der Waals surface area (Å²) in [5.74, 6) is 0. The first-order chi connectivity index (χ1) is 9.63. The van der Waals surface area contributed by atoms with E-state index >= 15 is 0 Å². The van der Waals surface area contributed by atoms with Gasteiger partial charge in [0.15, 0.2) is 0 Å². The summed E-state index contributed by atoms with van der Waals surface area (Å²) in [4.78, 5) is 14.5. The lowest BCUT2D eigenvalue weighted by atomic mass is 10.1. The van der Waals surface area contributed by atoms with Gasteiger partial charge in [0.1, 0.15) is 0 Å². The zero-order valence-electron chi connectivity index (χ0n) is 10.9. The first kappa shape index (κ1) is 14.2. The number of benzene rings is 1. The molecule has 0 spiro atoms. The molecule has 1 unspecified atom stereocenters. The number of non-ortho nitro benzene ring substituents is 1. The summed E-state index contributed by atoms with van der Waals surface area (Å²) < 4.78 is 4.84. The second-order valence-electron chi connectivity index (χ2n) is 4.30. The predicted octanol–water partition coefficient (Wildman–Crippen LogP) is 1.56. The molecule has 0 aliphatic rings. The first-order valence-electron chi connectivity index (χ1n) is 6.05. The van der Waals surface area contributed by atoms with Crippen LogP contribution in [0.3, 0.4) is 0 Å². The van der Waals surface area contributed by atoms with E-state index in [0.29, 0.717) is 16.5 Å². The number of fused-ring (bicyclic) bond motifs is 1. The molecular weight excluding hydrogens is 262 g/mol. The second kappa shape index (κ2) is 6.27. The van der Waals surface area contributed by atoms with Crippen molar-refractivity contribution >= 4 is 22.1 Å². The van der Waals surface area contributed by atoms with Crippen molar-refractivity contribution in [2.24, 2.45) is 0 Å². The second-order valence-corrected chi connectivity index (χ2v) is 4.30. The van der Waals surface area contributed by atoms with Crippen LogP contribution >= 0.6 is 0 Å². The van der Waals surface area contributed by atoms with Gasteiger partial charge in [-0.1, -0.05) is 0 Å². The molecule has 0 saturated heterocycles. The molecule has 0 amide bonds. The van der Waals surface area contributed by atoms with Crippen LogP contribution in [-0.2, 0) is 4.74 Å². The number of rotatable bonds is 6. The van der Waals surface area contributed by atoms with Crippen molar-refractivity contribution in [3.63, 3.8) is 0 Å². The van der Waals surface area contributed by atoms with E-state index in [-0.39, 0.29) is 18.8 Å². The third kappa shape index (κ3) is 3.01. The van der Waals surface area contributed by atoms with E-state index in [4.69, 9.17) is 4.74 Å². The van der Waals surface area contributed by atoms with Crippen LogP contribution in [0.25, 0.3) is 10.8 Å². The quantitative estimate of drug-likeness (QED) is 0.614. The summed E-state index contributed by atoms with van der Waals surface area (Å²) >= 11 is 0. The van der Waals surface area contributed by atoms with Gasteiger partial charge in [-0.15, -0.1) is 0 Å². The zero-order valence-corrected chi connectivity index (χ0v) is 10.9. The number of aliphatic hydroxyl groups excluding tert-OH is 1. The lowest BCUT2D eigenvalue weighted by Gasteiger charge is -2.13. The number of pyridine rings is 1. The number of ether oxygens (including phenoxy) is 1. The van der Waals surface area contributed by atoms with Crippen LogP contribution in [0.2, 0.25) is 0 Å². The van der Waals surface area contributed by atoms with Crippen molar-refractivity contribution in [3.05, 3.63) is 40.7 Å². The van der Waals surface area contributed by atoms with Gasteiger partial charge in [-0.25, -0.2) is 0 Å². The van der Waals surface area contributed by atoms with Crippen molar-refractivity contribution in [3.8, 4) is 0 Å². The van der Waals surface area contributed by atoms with Crippen LogP contribution in [-0.4, -0.2) is 41.4 Å². The highest BCUT2D eigenvalue weighted by molar-refractivity contribution is 5.99. The molecular formula is C13H15N3O4. The number of hydrogen-bond acceptors (Lipinski definition) is 6. The van der Waals surface area contributed by atoms with Gasteiger partial charge in [0, 0.05) is 43.2 Å².